The van der Waals surface area contributed by atoms with Gasteiger partial charge < -0.3 is 10.1 Å². The van der Waals surface area contributed by atoms with Crippen molar-refractivity contribution in [2.24, 2.45) is 0 Å². The topological polar surface area (TPSA) is 55.4 Å². The average molecular weight is 343 g/mol. The highest BCUT2D eigenvalue weighted by atomic mass is 32.2. The molecule has 1 amide bonds. The van der Waals surface area contributed by atoms with Gasteiger partial charge in [0.15, 0.2) is 6.10 Å². The van der Waals surface area contributed by atoms with E-state index in [4.69, 9.17) is 4.74 Å². The molecule has 1 N–H and O–H groups in total. The smallest absolute Gasteiger partial charge is 0.317 e. The molecule has 0 fully saturated rings. The van der Waals surface area contributed by atoms with Crippen LogP contribution in [-0.4, -0.2) is 23.7 Å². The summed E-state index contributed by atoms with van der Waals surface area (Å²) in [7, 11) is 0. The molecule has 1 atom stereocenters. The fourth-order valence-electron chi connectivity index (χ4n) is 2.07. The van der Waals surface area contributed by atoms with E-state index in [9.17, 15) is 9.59 Å². The van der Waals surface area contributed by atoms with Crippen molar-refractivity contribution >= 4 is 23.6 Å². The van der Waals surface area contributed by atoms with E-state index in [0.29, 0.717) is 6.54 Å². The summed E-state index contributed by atoms with van der Waals surface area (Å²) in [5, 5.41) is 2.76. The number of hydrogen-bond acceptors (Lipinski definition) is 4. The number of carbonyl (C=O) groups is 2. The zero-order chi connectivity index (χ0) is 17.4. The third-order valence-corrected chi connectivity index (χ3v) is 4.58. The SMILES string of the molecule is Cc1ccccc1SCC(=O)O[C@H](C)C(=O)NCc1ccccc1. The number of amides is 1. The van der Waals surface area contributed by atoms with Crippen LogP contribution in [0.2, 0.25) is 0 Å². The van der Waals surface area contributed by atoms with Crippen LogP contribution in [0.4, 0.5) is 0 Å². The van der Waals surface area contributed by atoms with Gasteiger partial charge in [-0.25, -0.2) is 0 Å². The molecule has 0 unspecified atom stereocenters. The second-order valence-electron chi connectivity index (χ2n) is 5.39. The molecule has 24 heavy (non-hydrogen) atoms. The lowest BCUT2D eigenvalue weighted by Gasteiger charge is -2.13. The minimum Gasteiger partial charge on any atom is -0.452 e. The monoisotopic (exact) mass is 343 g/mol. The highest BCUT2D eigenvalue weighted by molar-refractivity contribution is 8.00. The predicted molar refractivity (Wildman–Crippen MR) is 95.7 cm³/mol. The van der Waals surface area contributed by atoms with Crippen molar-refractivity contribution in [3.63, 3.8) is 0 Å². The molecule has 0 aliphatic rings. The highest BCUT2D eigenvalue weighted by Gasteiger charge is 2.17. The van der Waals surface area contributed by atoms with Crippen molar-refractivity contribution < 1.29 is 14.3 Å². The number of hydrogen-bond donors (Lipinski definition) is 1. The molecular formula is C19H21NO3S. The van der Waals surface area contributed by atoms with Gasteiger partial charge in [0.25, 0.3) is 5.91 Å². The Bertz CT molecular complexity index is 688. The average Bonchev–Trinajstić information content (AvgIpc) is 2.59. The van der Waals surface area contributed by atoms with Gasteiger partial charge in [0.05, 0.1) is 5.75 Å². The van der Waals surface area contributed by atoms with Crippen LogP contribution >= 0.6 is 11.8 Å². The fourth-order valence-corrected chi connectivity index (χ4v) is 2.88. The molecule has 0 spiro atoms. The lowest BCUT2D eigenvalue weighted by molar-refractivity contribution is -0.152. The highest BCUT2D eigenvalue weighted by Crippen LogP contribution is 2.21. The maximum atomic E-state index is 12.0. The van der Waals surface area contributed by atoms with Crippen LogP contribution in [0.15, 0.2) is 59.5 Å². The third kappa shape index (κ3) is 5.74. The van der Waals surface area contributed by atoms with Gasteiger partial charge >= 0.3 is 5.97 Å². The first-order valence-corrected chi connectivity index (χ1v) is 8.74. The van der Waals surface area contributed by atoms with Crippen molar-refractivity contribution in [1.82, 2.24) is 5.32 Å². The Kier molecular flexibility index (Phi) is 6.88. The van der Waals surface area contributed by atoms with Gasteiger partial charge in [-0.2, -0.15) is 0 Å². The zero-order valence-corrected chi connectivity index (χ0v) is 14.6. The molecule has 0 aromatic heterocycles. The van der Waals surface area contributed by atoms with Gasteiger partial charge in [-0.1, -0.05) is 48.5 Å². The lowest BCUT2D eigenvalue weighted by Crippen LogP contribution is -2.35. The number of esters is 1. The molecule has 0 aliphatic heterocycles. The van der Waals surface area contributed by atoms with Gasteiger partial charge in [0, 0.05) is 11.4 Å². The summed E-state index contributed by atoms with van der Waals surface area (Å²) in [5.74, 6) is -0.514. The van der Waals surface area contributed by atoms with E-state index in [1.807, 2.05) is 61.5 Å². The second-order valence-corrected chi connectivity index (χ2v) is 6.41. The predicted octanol–water partition coefficient (Wildman–Crippen LogP) is 3.34. The number of ether oxygens (including phenoxy) is 1. The van der Waals surface area contributed by atoms with Gasteiger partial charge in [-0.15, -0.1) is 11.8 Å². The molecule has 5 heteroatoms. The molecule has 0 saturated carbocycles. The summed E-state index contributed by atoms with van der Waals surface area (Å²) in [4.78, 5) is 24.9. The molecule has 4 nitrogen and oxygen atoms in total. The molecule has 0 bridgehead atoms. The molecule has 2 aromatic carbocycles. The largest absolute Gasteiger partial charge is 0.452 e. The minimum absolute atomic E-state index is 0.182. The number of thioether (sulfide) groups is 1. The molecule has 0 heterocycles. The molecule has 0 aliphatic carbocycles. The van der Waals surface area contributed by atoms with Crippen LogP contribution in [-0.2, 0) is 20.9 Å². The van der Waals surface area contributed by atoms with Gasteiger partial charge in [0.1, 0.15) is 0 Å². The molecular weight excluding hydrogens is 322 g/mol. The van der Waals surface area contributed by atoms with Crippen LogP contribution in [0.5, 0.6) is 0 Å². The quantitative estimate of drug-likeness (QED) is 0.619. The Morgan fingerprint density at radius 2 is 1.75 bits per heavy atom. The second kappa shape index (κ2) is 9.13. The van der Waals surface area contributed by atoms with E-state index in [-0.39, 0.29) is 11.7 Å². The van der Waals surface area contributed by atoms with Crippen molar-refractivity contribution in [2.45, 2.75) is 31.4 Å². The number of nitrogens with one attached hydrogen (secondary N) is 1. The van der Waals surface area contributed by atoms with E-state index in [2.05, 4.69) is 5.32 Å². The number of rotatable bonds is 7. The van der Waals surface area contributed by atoms with E-state index < -0.39 is 12.1 Å². The standard InChI is InChI=1S/C19H21NO3S/c1-14-8-6-7-11-17(14)24-13-18(21)23-15(2)19(22)20-12-16-9-4-3-5-10-16/h3-11,15H,12-13H2,1-2H3,(H,20,22)/t15-/m1/s1. The molecule has 0 radical (unpaired) electrons. The summed E-state index contributed by atoms with van der Waals surface area (Å²) in [6.07, 6.45) is -0.807. The number of aryl methyl sites for hydroxylation is 1. The van der Waals surface area contributed by atoms with Crippen molar-refractivity contribution in [3.8, 4) is 0 Å². The molecule has 0 saturated heterocycles. The number of carbonyl (C=O) groups excluding carboxylic acids is 2. The van der Waals surface area contributed by atoms with Crippen LogP contribution in [0, 0.1) is 6.92 Å². The van der Waals surface area contributed by atoms with Crippen molar-refractivity contribution in [3.05, 3.63) is 65.7 Å². The van der Waals surface area contributed by atoms with Crippen molar-refractivity contribution in [2.75, 3.05) is 5.75 Å². The maximum Gasteiger partial charge on any atom is 0.317 e. The van der Waals surface area contributed by atoms with Crippen LogP contribution in [0.25, 0.3) is 0 Å². The van der Waals surface area contributed by atoms with E-state index in [1.165, 1.54) is 11.8 Å². The summed E-state index contributed by atoms with van der Waals surface area (Å²) < 4.78 is 5.19. The first-order valence-electron chi connectivity index (χ1n) is 7.76. The van der Waals surface area contributed by atoms with E-state index in [1.54, 1.807) is 6.92 Å². The lowest BCUT2D eigenvalue weighted by atomic mass is 10.2. The summed E-state index contributed by atoms with van der Waals surface area (Å²) >= 11 is 1.41. The van der Waals surface area contributed by atoms with Crippen LogP contribution in [0.3, 0.4) is 0 Å². The fraction of sp³-hybridized carbons (Fsp3) is 0.263. The normalized spacial score (nSPS) is 11.6. The summed E-state index contributed by atoms with van der Waals surface area (Å²) in [5.41, 5.74) is 2.11. The first kappa shape index (κ1) is 18.1. The molecule has 2 rings (SSSR count). The Morgan fingerprint density at radius 3 is 2.46 bits per heavy atom. The Labute approximate surface area is 146 Å². The van der Waals surface area contributed by atoms with Gasteiger partial charge in [-0.3, -0.25) is 9.59 Å². The van der Waals surface area contributed by atoms with E-state index >= 15 is 0 Å². The zero-order valence-electron chi connectivity index (χ0n) is 13.8. The Morgan fingerprint density at radius 1 is 1.08 bits per heavy atom. The summed E-state index contributed by atoms with van der Waals surface area (Å²) in [6, 6.07) is 17.4. The van der Waals surface area contributed by atoms with E-state index in [0.717, 1.165) is 16.0 Å². The minimum atomic E-state index is -0.807. The molecule has 2 aromatic rings. The molecule has 126 valence electrons. The Balaban J connectivity index is 1.74. The van der Waals surface area contributed by atoms with Crippen LogP contribution in [0.1, 0.15) is 18.1 Å². The summed E-state index contributed by atoms with van der Waals surface area (Å²) in [6.45, 7) is 3.99. The third-order valence-electron chi connectivity index (χ3n) is 3.43. The maximum absolute atomic E-state index is 12.0. The van der Waals surface area contributed by atoms with Gasteiger partial charge in [-0.05, 0) is 31.0 Å². The Hall–Kier alpha value is -2.27. The van der Waals surface area contributed by atoms with Crippen molar-refractivity contribution in [1.29, 1.82) is 0 Å². The first-order chi connectivity index (χ1) is 11.6. The number of benzene rings is 2. The van der Waals surface area contributed by atoms with Crippen LogP contribution < -0.4 is 5.32 Å². The van der Waals surface area contributed by atoms with Gasteiger partial charge in [0.2, 0.25) is 0 Å².